The summed E-state index contributed by atoms with van der Waals surface area (Å²) in [5.74, 6) is -0.143. The Hall–Kier alpha value is -5.03. The van der Waals surface area contributed by atoms with E-state index in [9.17, 15) is 9.59 Å². The van der Waals surface area contributed by atoms with Gasteiger partial charge in [0.1, 0.15) is 11.3 Å². The van der Waals surface area contributed by atoms with Crippen molar-refractivity contribution in [3.05, 3.63) is 89.3 Å². The van der Waals surface area contributed by atoms with Gasteiger partial charge in [0.05, 0.1) is 47.7 Å². The number of aromatic nitrogens is 2. The average Bonchev–Trinajstić information content (AvgIpc) is 3.40. The predicted octanol–water partition coefficient (Wildman–Crippen LogP) is 5.97. The zero-order chi connectivity index (χ0) is 34.2. The fraction of sp³-hybridized carbons (Fsp3) is 0.361. The Morgan fingerprint density at radius 1 is 1.11 bits per heavy atom. The number of ether oxygens (including phenoxy) is 2. The van der Waals surface area contributed by atoms with Gasteiger partial charge in [0.2, 0.25) is 11.9 Å². The van der Waals surface area contributed by atoms with Crippen molar-refractivity contribution in [1.82, 2.24) is 14.9 Å². The zero-order valence-electron chi connectivity index (χ0n) is 28.5. The maximum absolute atomic E-state index is 13.2. The van der Waals surface area contributed by atoms with E-state index in [0.717, 1.165) is 35.5 Å². The van der Waals surface area contributed by atoms with Crippen molar-refractivity contribution in [2.75, 3.05) is 56.9 Å². The summed E-state index contributed by atoms with van der Waals surface area (Å²) in [6.45, 7) is 12.6. The van der Waals surface area contributed by atoms with Crippen molar-refractivity contribution in [3.8, 4) is 5.75 Å². The van der Waals surface area contributed by atoms with Crippen LogP contribution >= 0.6 is 0 Å². The van der Waals surface area contributed by atoms with Crippen molar-refractivity contribution < 1.29 is 19.1 Å². The first-order valence-electron chi connectivity index (χ1n) is 15.6. The molecule has 1 heterocycles. The first-order valence-corrected chi connectivity index (χ1v) is 15.6. The van der Waals surface area contributed by atoms with Crippen LogP contribution in [0.4, 0.5) is 23.0 Å². The molecule has 3 aromatic rings. The molecule has 1 amide bonds. The van der Waals surface area contributed by atoms with Crippen molar-refractivity contribution in [2.45, 2.75) is 46.3 Å². The number of nitrogens with one attached hydrogen (secondary N) is 2. The van der Waals surface area contributed by atoms with Crippen LogP contribution in [0.15, 0.2) is 71.9 Å². The van der Waals surface area contributed by atoms with Gasteiger partial charge < -0.3 is 29.9 Å². The van der Waals surface area contributed by atoms with E-state index in [0.29, 0.717) is 29.4 Å². The first-order chi connectivity index (χ1) is 22.4. The highest BCUT2D eigenvalue weighted by Gasteiger charge is 2.26. The van der Waals surface area contributed by atoms with Gasteiger partial charge in [-0.2, -0.15) is 0 Å². The summed E-state index contributed by atoms with van der Waals surface area (Å²) in [4.78, 5) is 44.1. The number of nitrogens with zero attached hydrogens (tertiary/aromatic N) is 5. The lowest BCUT2D eigenvalue weighted by Crippen LogP contribution is -2.29. The second-order valence-electron chi connectivity index (χ2n) is 11.9. The normalized spacial score (nSPS) is 14.7. The van der Waals surface area contributed by atoms with Crippen LogP contribution in [0.5, 0.6) is 5.75 Å². The van der Waals surface area contributed by atoms with Crippen LogP contribution in [0.2, 0.25) is 0 Å². The van der Waals surface area contributed by atoms with Gasteiger partial charge in [0.25, 0.3) is 0 Å². The lowest BCUT2D eigenvalue weighted by molar-refractivity contribution is -0.111. The van der Waals surface area contributed by atoms with Gasteiger partial charge in [-0.15, -0.1) is 0 Å². The van der Waals surface area contributed by atoms with Crippen LogP contribution in [-0.4, -0.2) is 79.9 Å². The molecule has 0 aliphatic heterocycles. The largest absolute Gasteiger partial charge is 0.494 e. The highest BCUT2D eigenvalue weighted by molar-refractivity contribution is 6.16. The number of fused-ring (bicyclic) bond motifs is 1. The number of methoxy groups -OCH3 is 1. The second-order valence-corrected chi connectivity index (χ2v) is 11.9. The number of anilines is 4. The van der Waals surface area contributed by atoms with Crippen LogP contribution in [0, 0.1) is 0 Å². The Balaban J connectivity index is 1.78. The monoisotopic (exact) mass is 639 g/mol. The molecule has 1 aromatic heterocycles. The van der Waals surface area contributed by atoms with E-state index in [1.165, 1.54) is 17.8 Å². The number of esters is 1. The van der Waals surface area contributed by atoms with E-state index in [-0.39, 0.29) is 23.5 Å². The van der Waals surface area contributed by atoms with E-state index < -0.39 is 12.0 Å². The van der Waals surface area contributed by atoms with Gasteiger partial charge >= 0.3 is 5.97 Å². The molecule has 0 spiro atoms. The molecule has 1 aliphatic carbocycles. The third-order valence-corrected chi connectivity index (χ3v) is 7.71. The first kappa shape index (κ1) is 34.8. The molecule has 11 heteroatoms. The third-order valence-electron chi connectivity index (χ3n) is 7.71. The van der Waals surface area contributed by atoms with Crippen LogP contribution < -0.4 is 20.3 Å². The lowest BCUT2D eigenvalue weighted by atomic mass is 10.1. The van der Waals surface area contributed by atoms with Gasteiger partial charge in [0.15, 0.2) is 0 Å². The summed E-state index contributed by atoms with van der Waals surface area (Å²) >= 11 is 0. The lowest BCUT2D eigenvalue weighted by Gasteiger charge is -2.26. The smallest absolute Gasteiger partial charge is 0.341 e. The minimum Gasteiger partial charge on any atom is -0.494 e. The van der Waals surface area contributed by atoms with Gasteiger partial charge in [-0.05, 0) is 71.5 Å². The minimum absolute atomic E-state index is 0.222. The summed E-state index contributed by atoms with van der Waals surface area (Å²) < 4.78 is 11.3. The van der Waals surface area contributed by atoms with Crippen LogP contribution in [0.25, 0.3) is 0 Å². The molecule has 0 bridgehead atoms. The summed E-state index contributed by atoms with van der Waals surface area (Å²) in [6, 6.07) is 11.3. The number of carbonyl (C=O) groups is 2. The molecule has 248 valence electrons. The molecule has 2 N–H and O–H groups in total. The maximum Gasteiger partial charge on any atom is 0.341 e. The molecule has 47 heavy (non-hydrogen) atoms. The van der Waals surface area contributed by atoms with Gasteiger partial charge in [-0.25, -0.2) is 14.8 Å². The highest BCUT2D eigenvalue weighted by Crippen LogP contribution is 2.38. The Bertz CT molecular complexity index is 1700. The van der Waals surface area contributed by atoms with E-state index in [2.05, 4.69) is 45.3 Å². The minimum atomic E-state index is -0.524. The molecule has 0 radical (unpaired) electrons. The molecular weight excluding hydrogens is 594 g/mol. The van der Waals surface area contributed by atoms with Crippen LogP contribution in [0.3, 0.4) is 0 Å². The topological polar surface area (TPSA) is 121 Å². The number of rotatable bonds is 13. The molecular formula is C36H45N7O4. The second kappa shape index (κ2) is 15.5. The van der Waals surface area contributed by atoms with Gasteiger partial charge in [-0.1, -0.05) is 36.9 Å². The van der Waals surface area contributed by atoms with Crippen molar-refractivity contribution in [1.29, 1.82) is 0 Å². The standard InChI is InChI=1S/C36H45N7O4/c1-10-24-18-25-14-12-13-15-26(25)34(24)38-23(5)33-27(35(45)47-22(3)4)21-37-36(41-33)40-29-19-28(39-32(44)11-2)30(20-31(29)46-9)43(8)17-16-42(6)7/h10-15,19-23H,2,16-18H2,1,3-9H3,(H,39,44)(H,37,40,41)/b24-10-,38-34+. The summed E-state index contributed by atoms with van der Waals surface area (Å²) in [5.41, 5.74) is 6.75. The number of hydrogen-bond acceptors (Lipinski definition) is 10. The van der Waals surface area contributed by atoms with E-state index in [4.69, 9.17) is 19.5 Å². The fourth-order valence-electron chi connectivity index (χ4n) is 5.25. The number of allylic oxidation sites excluding steroid dienone is 2. The zero-order valence-corrected chi connectivity index (χ0v) is 28.5. The molecule has 0 fully saturated rings. The molecule has 0 saturated heterocycles. The third kappa shape index (κ3) is 8.42. The van der Waals surface area contributed by atoms with Crippen molar-refractivity contribution >= 4 is 40.6 Å². The SMILES string of the molecule is C=CC(=O)Nc1cc(Nc2ncc(C(=O)OC(C)C)c(C(C)/N=C3\C(=C/C)Cc4ccccc43)n2)c(OC)cc1N(C)CCN(C)C. The number of carbonyl (C=O) groups excluding carboxylic acids is 2. The Morgan fingerprint density at radius 2 is 1.85 bits per heavy atom. The number of aliphatic imine (C=N–C) groups is 1. The summed E-state index contributed by atoms with van der Waals surface area (Å²) in [6.07, 6.45) is 5.22. The van der Waals surface area contributed by atoms with Crippen molar-refractivity contribution in [2.24, 2.45) is 4.99 Å². The molecule has 4 rings (SSSR count). The molecule has 2 aromatic carbocycles. The Kier molecular flexibility index (Phi) is 11.5. The van der Waals surface area contributed by atoms with Crippen LogP contribution in [-0.2, 0) is 16.0 Å². The summed E-state index contributed by atoms with van der Waals surface area (Å²) in [7, 11) is 7.52. The molecule has 1 aliphatic rings. The van der Waals surface area contributed by atoms with E-state index in [1.54, 1.807) is 27.0 Å². The van der Waals surface area contributed by atoms with Crippen molar-refractivity contribution in [3.63, 3.8) is 0 Å². The molecule has 1 atom stereocenters. The highest BCUT2D eigenvalue weighted by atomic mass is 16.5. The molecule has 0 saturated carbocycles. The van der Waals surface area contributed by atoms with Gasteiger partial charge in [-0.3, -0.25) is 9.79 Å². The van der Waals surface area contributed by atoms with Crippen LogP contribution in [0.1, 0.15) is 60.9 Å². The number of likely N-dealkylation sites (N-methyl/N-ethyl adjacent to an activating group) is 2. The van der Waals surface area contributed by atoms with E-state index in [1.807, 2.05) is 58.1 Å². The summed E-state index contributed by atoms with van der Waals surface area (Å²) in [5, 5.41) is 6.14. The molecule has 11 nitrogen and oxygen atoms in total. The van der Waals surface area contributed by atoms with Gasteiger partial charge in [0, 0.05) is 38.0 Å². The number of hydrogen-bond donors (Lipinski definition) is 2. The Morgan fingerprint density at radius 3 is 2.51 bits per heavy atom. The number of amides is 1. The predicted molar refractivity (Wildman–Crippen MR) is 188 cm³/mol. The average molecular weight is 640 g/mol. The quantitative estimate of drug-likeness (QED) is 0.172. The fourth-order valence-corrected chi connectivity index (χ4v) is 5.25. The number of benzene rings is 2. The Labute approximate surface area is 277 Å². The van der Waals surface area contributed by atoms with E-state index >= 15 is 0 Å². The maximum atomic E-state index is 13.2. The molecule has 1 unspecified atom stereocenters.